The lowest BCUT2D eigenvalue weighted by atomic mass is 9.98. The highest BCUT2D eigenvalue weighted by molar-refractivity contribution is 8.00. The van der Waals surface area contributed by atoms with E-state index in [9.17, 15) is 0 Å². The molecule has 1 fully saturated rings. The predicted molar refractivity (Wildman–Crippen MR) is 90.2 cm³/mol. The Bertz CT molecular complexity index is 446. The summed E-state index contributed by atoms with van der Waals surface area (Å²) in [5.41, 5.74) is 1.35. The molecule has 0 aromatic carbocycles. The van der Waals surface area contributed by atoms with Crippen molar-refractivity contribution >= 4 is 28.2 Å². The lowest BCUT2D eigenvalue weighted by Gasteiger charge is -2.31. The van der Waals surface area contributed by atoms with Crippen molar-refractivity contribution in [2.24, 2.45) is 0 Å². The third-order valence-corrected chi connectivity index (χ3v) is 6.82. The zero-order chi connectivity index (χ0) is 13.9. The van der Waals surface area contributed by atoms with Gasteiger partial charge in [0.25, 0.3) is 0 Å². The maximum Gasteiger partial charge on any atom is 0.185 e. The van der Waals surface area contributed by atoms with Crippen LogP contribution in [-0.4, -0.2) is 35.6 Å². The van der Waals surface area contributed by atoms with Crippen LogP contribution in [0.25, 0.3) is 0 Å². The Morgan fingerprint density at radius 2 is 2.30 bits per heavy atom. The van der Waals surface area contributed by atoms with Gasteiger partial charge in [0.2, 0.25) is 0 Å². The SMILES string of the molecule is CCNC1CCCc2sc(N3CCSC(CC)C3)nc21. The molecule has 3 nitrogen and oxygen atoms in total. The Labute approximate surface area is 130 Å². The molecule has 112 valence electrons. The molecular formula is C15H25N3S2. The summed E-state index contributed by atoms with van der Waals surface area (Å²) in [5.74, 6) is 1.25. The van der Waals surface area contributed by atoms with E-state index in [4.69, 9.17) is 4.98 Å². The molecule has 2 unspecified atom stereocenters. The van der Waals surface area contributed by atoms with Gasteiger partial charge in [-0.15, -0.1) is 11.3 Å². The van der Waals surface area contributed by atoms with Crippen LogP contribution in [0.4, 0.5) is 5.13 Å². The predicted octanol–water partition coefficient (Wildman–Crippen LogP) is 3.46. The fourth-order valence-electron chi connectivity index (χ4n) is 3.13. The lowest BCUT2D eigenvalue weighted by molar-refractivity contribution is 0.465. The third kappa shape index (κ3) is 3.00. The standard InChI is InChI=1S/C15H25N3S2/c1-3-11-10-18(8-9-19-11)15-17-14-12(16-4-2)6-5-7-13(14)20-15/h11-12,16H,3-10H2,1-2H3. The topological polar surface area (TPSA) is 28.2 Å². The fourth-order valence-corrected chi connectivity index (χ4v) is 5.50. The highest BCUT2D eigenvalue weighted by Gasteiger charge is 2.27. The number of fused-ring (bicyclic) bond motifs is 1. The molecule has 1 N–H and O–H groups in total. The van der Waals surface area contributed by atoms with Crippen LogP contribution in [0, 0.1) is 0 Å². The maximum absolute atomic E-state index is 5.02. The van der Waals surface area contributed by atoms with Crippen molar-refractivity contribution in [3.05, 3.63) is 10.6 Å². The Hall–Kier alpha value is -0.260. The summed E-state index contributed by atoms with van der Waals surface area (Å²) >= 11 is 4.08. The van der Waals surface area contributed by atoms with Crippen LogP contribution in [0.2, 0.25) is 0 Å². The van der Waals surface area contributed by atoms with Gasteiger partial charge in [0.1, 0.15) is 0 Å². The summed E-state index contributed by atoms with van der Waals surface area (Å²) in [7, 11) is 0. The first-order valence-electron chi connectivity index (χ1n) is 7.91. The van der Waals surface area contributed by atoms with E-state index in [1.54, 1.807) is 0 Å². The van der Waals surface area contributed by atoms with Gasteiger partial charge in [0, 0.05) is 29.0 Å². The largest absolute Gasteiger partial charge is 0.346 e. The summed E-state index contributed by atoms with van der Waals surface area (Å²) in [6, 6.07) is 0.495. The molecule has 0 radical (unpaired) electrons. The summed E-state index contributed by atoms with van der Waals surface area (Å²) in [6.07, 6.45) is 5.05. The highest BCUT2D eigenvalue weighted by atomic mass is 32.2. The molecule has 1 aliphatic heterocycles. The van der Waals surface area contributed by atoms with Crippen LogP contribution >= 0.6 is 23.1 Å². The number of aromatic nitrogens is 1. The van der Waals surface area contributed by atoms with Gasteiger partial charge in [-0.3, -0.25) is 0 Å². The van der Waals surface area contributed by atoms with Gasteiger partial charge in [-0.1, -0.05) is 13.8 Å². The molecule has 1 aromatic rings. The van der Waals surface area contributed by atoms with E-state index in [1.165, 1.54) is 60.2 Å². The quantitative estimate of drug-likeness (QED) is 0.922. The van der Waals surface area contributed by atoms with Crippen LogP contribution in [0.3, 0.4) is 0 Å². The van der Waals surface area contributed by atoms with Crippen LogP contribution < -0.4 is 10.2 Å². The van der Waals surface area contributed by atoms with Gasteiger partial charge in [-0.05, 0) is 32.2 Å². The first-order chi connectivity index (χ1) is 9.81. The molecule has 2 aliphatic rings. The number of thiazole rings is 1. The van der Waals surface area contributed by atoms with Crippen molar-refractivity contribution in [2.45, 2.75) is 50.8 Å². The van der Waals surface area contributed by atoms with Crippen LogP contribution in [-0.2, 0) is 6.42 Å². The molecular weight excluding hydrogens is 286 g/mol. The Morgan fingerprint density at radius 3 is 3.10 bits per heavy atom. The van der Waals surface area contributed by atoms with E-state index in [1.807, 2.05) is 11.3 Å². The minimum absolute atomic E-state index is 0.495. The van der Waals surface area contributed by atoms with E-state index in [2.05, 4.69) is 35.8 Å². The van der Waals surface area contributed by atoms with Crippen molar-refractivity contribution in [1.29, 1.82) is 0 Å². The van der Waals surface area contributed by atoms with Gasteiger partial charge < -0.3 is 10.2 Å². The van der Waals surface area contributed by atoms with Crippen molar-refractivity contribution in [1.82, 2.24) is 10.3 Å². The number of hydrogen-bond acceptors (Lipinski definition) is 5. The average molecular weight is 312 g/mol. The number of anilines is 1. The van der Waals surface area contributed by atoms with Gasteiger partial charge in [-0.2, -0.15) is 11.8 Å². The van der Waals surface area contributed by atoms with E-state index < -0.39 is 0 Å². The molecule has 5 heteroatoms. The monoisotopic (exact) mass is 311 g/mol. The van der Waals surface area contributed by atoms with Gasteiger partial charge in [-0.25, -0.2) is 4.98 Å². The second-order valence-corrected chi connectivity index (χ2v) is 8.12. The molecule has 0 saturated carbocycles. The van der Waals surface area contributed by atoms with Crippen molar-refractivity contribution in [3.63, 3.8) is 0 Å². The third-order valence-electron chi connectivity index (χ3n) is 4.26. The number of nitrogens with one attached hydrogen (secondary N) is 1. The molecule has 20 heavy (non-hydrogen) atoms. The van der Waals surface area contributed by atoms with E-state index in [-0.39, 0.29) is 0 Å². The van der Waals surface area contributed by atoms with Crippen molar-refractivity contribution in [3.8, 4) is 0 Å². The number of rotatable bonds is 4. The number of hydrogen-bond donors (Lipinski definition) is 1. The zero-order valence-electron chi connectivity index (χ0n) is 12.5. The molecule has 0 spiro atoms. The van der Waals surface area contributed by atoms with Crippen molar-refractivity contribution in [2.75, 3.05) is 30.3 Å². The van der Waals surface area contributed by atoms with Crippen LogP contribution in [0.5, 0.6) is 0 Å². The van der Waals surface area contributed by atoms with E-state index in [0.717, 1.165) is 11.8 Å². The Morgan fingerprint density at radius 1 is 1.40 bits per heavy atom. The second kappa shape index (κ2) is 6.67. The summed E-state index contributed by atoms with van der Waals surface area (Å²) in [4.78, 5) is 9.07. The maximum atomic E-state index is 5.02. The van der Waals surface area contributed by atoms with Gasteiger partial charge >= 0.3 is 0 Å². The molecule has 1 aliphatic carbocycles. The molecule has 0 amide bonds. The Balaban J connectivity index is 1.78. The van der Waals surface area contributed by atoms with Crippen LogP contribution in [0.1, 0.15) is 49.7 Å². The molecule has 1 saturated heterocycles. The molecule has 2 atom stereocenters. The minimum atomic E-state index is 0.495. The van der Waals surface area contributed by atoms with Gasteiger partial charge in [0.05, 0.1) is 11.7 Å². The summed E-state index contributed by atoms with van der Waals surface area (Å²) in [6.45, 7) is 7.87. The number of aryl methyl sites for hydroxylation is 1. The fraction of sp³-hybridized carbons (Fsp3) is 0.800. The average Bonchev–Trinajstić information content (AvgIpc) is 2.93. The van der Waals surface area contributed by atoms with E-state index in [0.29, 0.717) is 6.04 Å². The molecule has 2 heterocycles. The number of nitrogens with zero attached hydrogens (tertiary/aromatic N) is 2. The summed E-state index contributed by atoms with van der Waals surface area (Å²) < 4.78 is 0. The molecule has 3 rings (SSSR count). The first-order valence-corrected chi connectivity index (χ1v) is 9.77. The first kappa shape index (κ1) is 14.7. The van der Waals surface area contributed by atoms with Crippen molar-refractivity contribution < 1.29 is 0 Å². The van der Waals surface area contributed by atoms with Crippen LogP contribution in [0.15, 0.2) is 0 Å². The lowest BCUT2D eigenvalue weighted by Crippen LogP contribution is -2.37. The molecule has 0 bridgehead atoms. The van der Waals surface area contributed by atoms with Gasteiger partial charge in [0.15, 0.2) is 5.13 Å². The van der Waals surface area contributed by atoms with E-state index >= 15 is 0 Å². The number of thioether (sulfide) groups is 1. The molecule has 1 aromatic heterocycles. The Kier molecular flexibility index (Phi) is 4.89. The highest BCUT2D eigenvalue weighted by Crippen LogP contribution is 2.38. The minimum Gasteiger partial charge on any atom is -0.346 e. The normalized spacial score (nSPS) is 26.6. The second-order valence-electron chi connectivity index (χ2n) is 5.65. The smallest absolute Gasteiger partial charge is 0.185 e. The summed E-state index contributed by atoms with van der Waals surface area (Å²) in [5, 5.41) is 5.66. The zero-order valence-corrected chi connectivity index (χ0v) is 14.2.